The third-order valence-corrected chi connectivity index (χ3v) is 4.77. The fourth-order valence-corrected chi connectivity index (χ4v) is 3.29. The Morgan fingerprint density at radius 2 is 2.16 bits per heavy atom. The maximum absolute atomic E-state index is 12.0. The molecule has 1 amide bonds. The first kappa shape index (κ1) is 17.6. The van der Waals surface area contributed by atoms with Crippen LogP contribution in [0, 0.1) is 0 Å². The van der Waals surface area contributed by atoms with E-state index in [1.807, 2.05) is 12.1 Å². The fourth-order valence-electron chi connectivity index (χ4n) is 2.99. The van der Waals surface area contributed by atoms with Crippen LogP contribution in [0.25, 0.3) is 6.08 Å². The van der Waals surface area contributed by atoms with E-state index < -0.39 is 0 Å². The van der Waals surface area contributed by atoms with Crippen LogP contribution in [0.3, 0.4) is 0 Å². The largest absolute Gasteiger partial charge is 0.465 e. The molecule has 0 radical (unpaired) electrons. The molecule has 1 aliphatic rings. The van der Waals surface area contributed by atoms with Gasteiger partial charge < -0.3 is 19.5 Å². The minimum absolute atomic E-state index is 0.222. The van der Waals surface area contributed by atoms with Gasteiger partial charge in [0.05, 0.1) is 49.7 Å². The van der Waals surface area contributed by atoms with Gasteiger partial charge in [0.2, 0.25) is 5.91 Å². The second-order valence-corrected chi connectivity index (χ2v) is 6.50. The number of benzene rings is 1. The van der Waals surface area contributed by atoms with E-state index in [1.165, 1.54) is 6.08 Å². The van der Waals surface area contributed by atoms with Crippen LogP contribution in [0.4, 0.5) is 11.4 Å². The SMILES string of the molecule is CC[NH+]1CCN(c2ccc(NC(=O)/C=C/c3ccco3)cc2Cl)CC1. The van der Waals surface area contributed by atoms with Gasteiger partial charge in [-0.1, -0.05) is 11.6 Å². The van der Waals surface area contributed by atoms with Crippen LogP contribution in [-0.4, -0.2) is 38.6 Å². The first-order valence-corrected chi connectivity index (χ1v) is 8.94. The highest BCUT2D eigenvalue weighted by Crippen LogP contribution is 2.29. The van der Waals surface area contributed by atoms with Crippen molar-refractivity contribution in [2.75, 3.05) is 42.9 Å². The summed E-state index contributed by atoms with van der Waals surface area (Å²) in [7, 11) is 0. The summed E-state index contributed by atoms with van der Waals surface area (Å²) in [6.45, 7) is 7.64. The lowest BCUT2D eigenvalue weighted by Gasteiger charge is -2.33. The Morgan fingerprint density at radius 1 is 1.36 bits per heavy atom. The van der Waals surface area contributed by atoms with Crippen LogP contribution >= 0.6 is 11.6 Å². The Balaban J connectivity index is 1.61. The van der Waals surface area contributed by atoms with Crippen LogP contribution in [0.2, 0.25) is 5.02 Å². The van der Waals surface area contributed by atoms with Crippen molar-refractivity contribution in [3.63, 3.8) is 0 Å². The topological polar surface area (TPSA) is 49.9 Å². The summed E-state index contributed by atoms with van der Waals surface area (Å²) in [6, 6.07) is 9.23. The van der Waals surface area contributed by atoms with Crippen molar-refractivity contribution in [2.24, 2.45) is 0 Å². The van der Waals surface area contributed by atoms with E-state index in [0.29, 0.717) is 16.5 Å². The van der Waals surface area contributed by atoms with Crippen LogP contribution in [-0.2, 0) is 4.79 Å². The van der Waals surface area contributed by atoms with Gasteiger partial charge in [0.1, 0.15) is 5.76 Å². The van der Waals surface area contributed by atoms with Gasteiger partial charge in [0.15, 0.2) is 0 Å². The zero-order chi connectivity index (χ0) is 17.6. The summed E-state index contributed by atoms with van der Waals surface area (Å²) < 4.78 is 5.16. The lowest BCUT2D eigenvalue weighted by molar-refractivity contribution is -0.898. The fraction of sp³-hybridized carbons (Fsp3) is 0.316. The predicted octanol–water partition coefficient (Wildman–Crippen LogP) is 2.31. The average molecular weight is 361 g/mol. The van der Waals surface area contributed by atoms with Crippen molar-refractivity contribution in [1.82, 2.24) is 0 Å². The maximum Gasteiger partial charge on any atom is 0.248 e. The molecule has 0 atom stereocenters. The number of likely N-dealkylation sites (N-methyl/N-ethyl adjacent to an activating group) is 1. The first-order valence-electron chi connectivity index (χ1n) is 8.56. The summed E-state index contributed by atoms with van der Waals surface area (Å²) in [6.07, 6.45) is 4.63. The molecule has 1 aliphatic heterocycles. The van der Waals surface area contributed by atoms with Crippen molar-refractivity contribution in [3.05, 3.63) is 53.5 Å². The minimum Gasteiger partial charge on any atom is -0.465 e. The van der Waals surface area contributed by atoms with E-state index in [-0.39, 0.29) is 5.91 Å². The number of carbonyl (C=O) groups excluding carboxylic acids is 1. The second-order valence-electron chi connectivity index (χ2n) is 6.09. The van der Waals surface area contributed by atoms with E-state index in [2.05, 4.69) is 17.1 Å². The van der Waals surface area contributed by atoms with Crippen LogP contribution in [0.1, 0.15) is 12.7 Å². The van der Waals surface area contributed by atoms with E-state index in [1.54, 1.807) is 35.4 Å². The minimum atomic E-state index is -0.222. The highest BCUT2D eigenvalue weighted by Gasteiger charge is 2.20. The van der Waals surface area contributed by atoms with Gasteiger partial charge in [0.25, 0.3) is 0 Å². The zero-order valence-corrected chi connectivity index (χ0v) is 15.1. The molecule has 0 bridgehead atoms. The smallest absolute Gasteiger partial charge is 0.248 e. The molecule has 132 valence electrons. The molecule has 1 fully saturated rings. The molecule has 0 aliphatic carbocycles. The summed E-state index contributed by atoms with van der Waals surface area (Å²) in [5.41, 5.74) is 1.71. The summed E-state index contributed by atoms with van der Waals surface area (Å²) in [4.78, 5) is 15.9. The first-order chi connectivity index (χ1) is 12.2. The number of amides is 1. The molecule has 0 unspecified atom stereocenters. The molecule has 1 saturated heterocycles. The van der Waals surface area contributed by atoms with Crippen LogP contribution in [0.5, 0.6) is 0 Å². The Bertz CT molecular complexity index is 735. The number of piperazine rings is 1. The molecular formula is C19H23ClN3O2+. The number of rotatable bonds is 5. The van der Waals surface area contributed by atoms with Gasteiger partial charge in [-0.15, -0.1) is 0 Å². The van der Waals surface area contributed by atoms with Crippen molar-refractivity contribution in [1.29, 1.82) is 0 Å². The van der Waals surface area contributed by atoms with E-state index in [0.717, 1.165) is 38.4 Å². The number of nitrogens with one attached hydrogen (secondary N) is 2. The quantitative estimate of drug-likeness (QED) is 0.804. The van der Waals surface area contributed by atoms with Crippen molar-refractivity contribution >= 4 is 35.0 Å². The zero-order valence-electron chi connectivity index (χ0n) is 14.3. The number of quaternary nitrogens is 1. The maximum atomic E-state index is 12.0. The third-order valence-electron chi connectivity index (χ3n) is 4.47. The molecule has 2 heterocycles. The summed E-state index contributed by atoms with van der Waals surface area (Å²) in [5.74, 6) is 0.414. The average Bonchev–Trinajstić information content (AvgIpc) is 3.14. The molecular weight excluding hydrogens is 338 g/mol. The van der Waals surface area contributed by atoms with Gasteiger partial charge in [0, 0.05) is 11.8 Å². The number of nitrogens with zero attached hydrogens (tertiary/aromatic N) is 1. The third kappa shape index (κ3) is 4.65. The monoisotopic (exact) mass is 360 g/mol. The Kier molecular flexibility index (Phi) is 5.79. The molecule has 2 N–H and O–H groups in total. The van der Waals surface area contributed by atoms with Crippen LogP contribution < -0.4 is 15.1 Å². The van der Waals surface area contributed by atoms with E-state index in [9.17, 15) is 4.79 Å². The molecule has 1 aromatic carbocycles. The van der Waals surface area contributed by atoms with Gasteiger partial charge in [-0.25, -0.2) is 0 Å². The van der Waals surface area contributed by atoms with Gasteiger partial charge in [-0.3, -0.25) is 4.79 Å². The predicted molar refractivity (Wildman–Crippen MR) is 101 cm³/mol. The van der Waals surface area contributed by atoms with Crippen molar-refractivity contribution < 1.29 is 14.1 Å². The molecule has 25 heavy (non-hydrogen) atoms. The molecule has 1 aromatic heterocycles. The molecule has 2 aromatic rings. The number of furan rings is 1. The van der Waals surface area contributed by atoms with Crippen molar-refractivity contribution in [2.45, 2.75) is 6.92 Å². The lowest BCUT2D eigenvalue weighted by Crippen LogP contribution is -3.14. The standard InChI is InChI=1S/C19H22ClN3O2/c1-2-22-9-11-23(12-10-22)18-7-5-15(14-17(18)20)21-19(24)8-6-16-4-3-13-25-16/h3-8,13-14H,2,9-12H2,1H3,(H,21,24)/p+1/b8-6+. The van der Waals surface area contributed by atoms with Crippen molar-refractivity contribution in [3.8, 4) is 0 Å². The summed E-state index contributed by atoms with van der Waals surface area (Å²) in [5, 5.41) is 3.48. The lowest BCUT2D eigenvalue weighted by atomic mass is 10.2. The number of hydrogen-bond donors (Lipinski definition) is 2. The number of halogens is 1. The highest BCUT2D eigenvalue weighted by atomic mass is 35.5. The summed E-state index contributed by atoms with van der Waals surface area (Å²) >= 11 is 6.44. The Morgan fingerprint density at radius 3 is 2.80 bits per heavy atom. The normalized spacial score (nSPS) is 15.7. The van der Waals surface area contributed by atoms with Gasteiger partial charge >= 0.3 is 0 Å². The van der Waals surface area contributed by atoms with E-state index in [4.69, 9.17) is 16.0 Å². The Labute approximate surface area is 152 Å². The van der Waals surface area contributed by atoms with Crippen LogP contribution in [0.15, 0.2) is 47.1 Å². The van der Waals surface area contributed by atoms with Gasteiger partial charge in [-0.05, 0) is 43.3 Å². The number of anilines is 2. The molecule has 0 spiro atoms. The number of hydrogen-bond acceptors (Lipinski definition) is 3. The second kappa shape index (κ2) is 8.23. The molecule has 3 rings (SSSR count). The molecule has 0 saturated carbocycles. The molecule has 6 heteroatoms. The highest BCUT2D eigenvalue weighted by molar-refractivity contribution is 6.33. The van der Waals surface area contributed by atoms with E-state index >= 15 is 0 Å². The molecule has 5 nitrogen and oxygen atoms in total. The number of carbonyl (C=O) groups is 1. The van der Waals surface area contributed by atoms with Gasteiger partial charge in [-0.2, -0.15) is 0 Å². The Hall–Kier alpha value is -2.24.